The molecule has 3 nitrogen and oxygen atoms in total. The highest BCUT2D eigenvalue weighted by atomic mass is 79.9. The molecule has 0 fully saturated rings. The van der Waals surface area contributed by atoms with Gasteiger partial charge in [-0.25, -0.2) is 9.37 Å². The van der Waals surface area contributed by atoms with Crippen molar-refractivity contribution in [2.24, 2.45) is 0 Å². The Morgan fingerprint density at radius 3 is 2.76 bits per heavy atom. The third kappa shape index (κ3) is 3.14. The van der Waals surface area contributed by atoms with E-state index in [2.05, 4.69) is 31.2 Å². The van der Waals surface area contributed by atoms with Crippen molar-refractivity contribution in [2.45, 2.75) is 6.92 Å². The maximum atomic E-state index is 13.2. The number of nitrogens with one attached hydrogen (secondary N) is 1. The lowest BCUT2D eigenvalue weighted by molar-refractivity contribution is 0.627. The molecule has 0 bridgehead atoms. The number of hydrogen-bond donors (Lipinski definition) is 1. The molecule has 1 N–H and O–H groups in total. The van der Waals surface area contributed by atoms with Gasteiger partial charge < -0.3 is 5.32 Å². The van der Waals surface area contributed by atoms with Crippen molar-refractivity contribution in [3.05, 3.63) is 45.4 Å². The summed E-state index contributed by atoms with van der Waals surface area (Å²) in [5, 5.41) is 3.19. The third-order valence-corrected chi connectivity index (χ3v) is 3.10. The molecule has 88 valence electrons. The Bertz CT molecular complexity index is 542. The summed E-state index contributed by atoms with van der Waals surface area (Å²) in [4.78, 5) is 8.02. The topological polar surface area (TPSA) is 37.8 Å². The lowest BCUT2D eigenvalue weighted by atomic mass is 10.2. The van der Waals surface area contributed by atoms with Crippen LogP contribution < -0.4 is 5.32 Å². The molecule has 0 aliphatic heterocycles. The number of halogens is 3. The van der Waals surface area contributed by atoms with Crippen LogP contribution in [0.3, 0.4) is 0 Å². The van der Waals surface area contributed by atoms with Gasteiger partial charge in [-0.3, -0.25) is 0 Å². The lowest BCUT2D eigenvalue weighted by Crippen LogP contribution is -1.98. The minimum absolute atomic E-state index is 0.302. The van der Waals surface area contributed by atoms with Gasteiger partial charge in [0.25, 0.3) is 0 Å². The Labute approximate surface area is 111 Å². The van der Waals surface area contributed by atoms with Crippen LogP contribution in [0.4, 0.5) is 16.0 Å². The fraction of sp³-hybridized carbons (Fsp3) is 0.0909. The van der Waals surface area contributed by atoms with E-state index in [1.54, 1.807) is 6.07 Å². The highest BCUT2D eigenvalue weighted by molar-refractivity contribution is 9.10. The van der Waals surface area contributed by atoms with Crippen LogP contribution in [0.15, 0.2) is 28.9 Å². The molecule has 0 radical (unpaired) electrons. The van der Waals surface area contributed by atoms with Crippen molar-refractivity contribution in [1.82, 2.24) is 9.97 Å². The van der Waals surface area contributed by atoms with Crippen LogP contribution in [0.2, 0.25) is 5.15 Å². The molecule has 0 spiro atoms. The fourth-order valence-corrected chi connectivity index (χ4v) is 1.66. The first-order valence-corrected chi connectivity index (χ1v) is 5.94. The molecule has 17 heavy (non-hydrogen) atoms. The predicted molar refractivity (Wildman–Crippen MR) is 69.2 cm³/mol. The molecular formula is C11H8BrClFN3. The summed E-state index contributed by atoms with van der Waals surface area (Å²) in [5.74, 6) is 0.0129. The van der Waals surface area contributed by atoms with Gasteiger partial charge in [0, 0.05) is 11.9 Å². The van der Waals surface area contributed by atoms with Crippen LogP contribution in [0.25, 0.3) is 0 Å². The number of benzene rings is 1. The van der Waals surface area contributed by atoms with E-state index < -0.39 is 0 Å². The highest BCUT2D eigenvalue weighted by Gasteiger charge is 2.04. The predicted octanol–water partition coefficient (Wildman–Crippen LogP) is 4.08. The molecule has 1 aromatic heterocycles. The van der Waals surface area contributed by atoms with Crippen molar-refractivity contribution in [1.29, 1.82) is 0 Å². The molecule has 6 heteroatoms. The Morgan fingerprint density at radius 1 is 1.35 bits per heavy atom. The minimum atomic E-state index is -0.310. The van der Waals surface area contributed by atoms with Crippen LogP contribution in [0.5, 0.6) is 0 Å². The average Bonchev–Trinajstić information content (AvgIpc) is 2.22. The van der Waals surface area contributed by atoms with Gasteiger partial charge in [-0.05, 0) is 46.6 Å². The maximum absolute atomic E-state index is 13.2. The molecule has 0 atom stereocenters. The number of anilines is 2. The number of aryl methyl sites for hydroxylation is 1. The molecule has 1 heterocycles. The molecule has 0 amide bonds. The van der Waals surface area contributed by atoms with E-state index in [-0.39, 0.29) is 5.82 Å². The van der Waals surface area contributed by atoms with E-state index >= 15 is 0 Å². The second-order valence-electron chi connectivity index (χ2n) is 3.47. The standard InChI is InChI=1S/C11H8BrClFN3/c1-6-2-7(14)4-8(3-6)16-11-15-5-9(12)10(13)17-11/h2-5H,1H3,(H,15,16,17). The van der Waals surface area contributed by atoms with Crippen LogP contribution >= 0.6 is 27.5 Å². The van der Waals surface area contributed by atoms with Gasteiger partial charge in [0.1, 0.15) is 11.0 Å². The second kappa shape index (κ2) is 4.98. The van der Waals surface area contributed by atoms with Gasteiger partial charge in [-0.2, -0.15) is 4.98 Å². The van der Waals surface area contributed by atoms with E-state index in [9.17, 15) is 4.39 Å². The van der Waals surface area contributed by atoms with Gasteiger partial charge in [-0.15, -0.1) is 0 Å². The maximum Gasteiger partial charge on any atom is 0.228 e. The summed E-state index contributed by atoms with van der Waals surface area (Å²) < 4.78 is 13.8. The Balaban J connectivity index is 2.28. The minimum Gasteiger partial charge on any atom is -0.324 e. The SMILES string of the molecule is Cc1cc(F)cc(Nc2ncc(Br)c(Cl)n2)c1. The fourth-order valence-electron chi connectivity index (χ4n) is 1.34. The van der Waals surface area contributed by atoms with E-state index in [0.717, 1.165) is 5.56 Å². The van der Waals surface area contributed by atoms with Crippen molar-refractivity contribution < 1.29 is 4.39 Å². The molecule has 2 rings (SSSR count). The van der Waals surface area contributed by atoms with Gasteiger partial charge in [0.15, 0.2) is 0 Å². The van der Waals surface area contributed by atoms with Crippen molar-refractivity contribution in [2.75, 3.05) is 5.32 Å². The average molecular weight is 317 g/mol. The molecule has 1 aromatic carbocycles. The first kappa shape index (κ1) is 12.3. The monoisotopic (exact) mass is 315 g/mol. The molecule has 0 unspecified atom stereocenters. The first-order valence-electron chi connectivity index (χ1n) is 4.77. The van der Waals surface area contributed by atoms with Crippen molar-refractivity contribution in [3.8, 4) is 0 Å². The summed E-state index contributed by atoms with van der Waals surface area (Å²) in [7, 11) is 0. The van der Waals surface area contributed by atoms with Crippen molar-refractivity contribution in [3.63, 3.8) is 0 Å². The van der Waals surface area contributed by atoms with Crippen LogP contribution in [-0.2, 0) is 0 Å². The number of hydrogen-bond acceptors (Lipinski definition) is 3. The van der Waals surface area contributed by atoms with E-state index in [1.807, 2.05) is 6.92 Å². The molecule has 2 aromatic rings. The lowest BCUT2D eigenvalue weighted by Gasteiger charge is -2.06. The summed E-state index contributed by atoms with van der Waals surface area (Å²) in [6.45, 7) is 1.81. The Kier molecular flexibility index (Phi) is 3.59. The van der Waals surface area contributed by atoms with Gasteiger partial charge in [0.05, 0.1) is 4.47 Å². The zero-order valence-electron chi connectivity index (χ0n) is 8.84. The summed E-state index contributed by atoms with van der Waals surface area (Å²) in [5.41, 5.74) is 1.40. The second-order valence-corrected chi connectivity index (χ2v) is 4.69. The quantitative estimate of drug-likeness (QED) is 0.848. The van der Waals surface area contributed by atoms with Crippen molar-refractivity contribution >= 4 is 39.2 Å². The summed E-state index contributed by atoms with van der Waals surface area (Å²) >= 11 is 9.02. The van der Waals surface area contributed by atoms with Gasteiger partial charge >= 0.3 is 0 Å². The third-order valence-electron chi connectivity index (χ3n) is 2.00. The highest BCUT2D eigenvalue weighted by Crippen LogP contribution is 2.22. The number of rotatable bonds is 2. The van der Waals surface area contributed by atoms with Crippen LogP contribution in [0, 0.1) is 12.7 Å². The van der Waals surface area contributed by atoms with Gasteiger partial charge in [0.2, 0.25) is 5.95 Å². The normalized spacial score (nSPS) is 10.4. The van der Waals surface area contributed by atoms with Crippen LogP contribution in [0.1, 0.15) is 5.56 Å². The largest absolute Gasteiger partial charge is 0.324 e. The number of nitrogens with zero attached hydrogens (tertiary/aromatic N) is 2. The molecular weight excluding hydrogens is 308 g/mol. The zero-order valence-corrected chi connectivity index (χ0v) is 11.2. The van der Waals surface area contributed by atoms with E-state index in [0.29, 0.717) is 21.3 Å². The molecule has 0 aliphatic rings. The summed E-state index contributed by atoms with van der Waals surface area (Å²) in [6.07, 6.45) is 1.53. The summed E-state index contributed by atoms with van der Waals surface area (Å²) in [6, 6.07) is 4.61. The van der Waals surface area contributed by atoms with Gasteiger partial charge in [-0.1, -0.05) is 11.6 Å². The number of aromatic nitrogens is 2. The van der Waals surface area contributed by atoms with E-state index in [4.69, 9.17) is 11.6 Å². The van der Waals surface area contributed by atoms with Crippen LogP contribution in [-0.4, -0.2) is 9.97 Å². The molecule has 0 saturated heterocycles. The Morgan fingerprint density at radius 2 is 2.12 bits per heavy atom. The Hall–Kier alpha value is -1.20. The molecule has 0 aliphatic carbocycles. The molecule has 0 saturated carbocycles. The van der Waals surface area contributed by atoms with E-state index in [1.165, 1.54) is 18.3 Å². The zero-order chi connectivity index (χ0) is 12.4. The smallest absolute Gasteiger partial charge is 0.228 e. The first-order chi connectivity index (χ1) is 8.04.